The van der Waals surface area contributed by atoms with E-state index in [1.807, 2.05) is 18.2 Å². The summed E-state index contributed by atoms with van der Waals surface area (Å²) in [5.41, 5.74) is 2.11. The van der Waals surface area contributed by atoms with Crippen LogP contribution in [-0.2, 0) is 12.0 Å². The molecule has 126 valence electrons. The van der Waals surface area contributed by atoms with Gasteiger partial charge in [-0.05, 0) is 68.4 Å². The SMILES string of the molecule is OC(Cn1cc(C23CC4CC(CC(C4)C2)C3)nn1)c1ccccn1. The second-order valence-corrected chi connectivity index (χ2v) is 8.29. The van der Waals surface area contributed by atoms with Crippen molar-refractivity contribution in [2.24, 2.45) is 17.8 Å². The van der Waals surface area contributed by atoms with Crippen molar-refractivity contribution in [3.63, 3.8) is 0 Å². The summed E-state index contributed by atoms with van der Waals surface area (Å²) in [5, 5.41) is 19.2. The molecule has 4 saturated carbocycles. The molecule has 2 aromatic heterocycles. The zero-order chi connectivity index (χ0) is 16.1. The summed E-state index contributed by atoms with van der Waals surface area (Å²) in [6, 6.07) is 5.60. The molecule has 0 aliphatic heterocycles. The maximum Gasteiger partial charge on any atom is 0.115 e. The molecule has 1 atom stereocenters. The molecule has 2 heterocycles. The van der Waals surface area contributed by atoms with E-state index in [-0.39, 0.29) is 5.41 Å². The summed E-state index contributed by atoms with van der Waals surface area (Å²) in [4.78, 5) is 4.22. The number of aliphatic hydroxyl groups is 1. The molecule has 4 aliphatic carbocycles. The molecule has 4 aliphatic rings. The number of rotatable bonds is 4. The van der Waals surface area contributed by atoms with Crippen LogP contribution in [0.4, 0.5) is 0 Å². The summed E-state index contributed by atoms with van der Waals surface area (Å²) in [6.45, 7) is 0.413. The van der Waals surface area contributed by atoms with E-state index in [9.17, 15) is 5.11 Å². The zero-order valence-electron chi connectivity index (χ0n) is 13.9. The van der Waals surface area contributed by atoms with Gasteiger partial charge in [-0.2, -0.15) is 0 Å². The van der Waals surface area contributed by atoms with Crippen molar-refractivity contribution in [2.75, 3.05) is 0 Å². The summed E-state index contributed by atoms with van der Waals surface area (Å²) in [5.74, 6) is 2.71. The van der Waals surface area contributed by atoms with E-state index in [0.717, 1.165) is 23.4 Å². The average Bonchev–Trinajstić information content (AvgIpc) is 3.04. The smallest absolute Gasteiger partial charge is 0.115 e. The Balaban J connectivity index is 1.36. The molecule has 0 aromatic carbocycles. The first-order valence-corrected chi connectivity index (χ1v) is 9.20. The predicted octanol–water partition coefficient (Wildman–Crippen LogP) is 2.87. The van der Waals surface area contributed by atoms with Crippen LogP contribution in [0.3, 0.4) is 0 Å². The molecule has 24 heavy (non-hydrogen) atoms. The molecule has 0 spiro atoms. The van der Waals surface area contributed by atoms with Crippen LogP contribution >= 0.6 is 0 Å². The molecule has 0 amide bonds. The first-order valence-electron chi connectivity index (χ1n) is 9.20. The second kappa shape index (κ2) is 5.38. The molecule has 5 nitrogen and oxygen atoms in total. The average molecular weight is 324 g/mol. The second-order valence-electron chi connectivity index (χ2n) is 8.29. The van der Waals surface area contributed by atoms with Crippen molar-refractivity contribution >= 4 is 0 Å². The first kappa shape index (κ1) is 14.6. The Hall–Kier alpha value is -1.75. The fourth-order valence-electron chi connectivity index (χ4n) is 5.90. The van der Waals surface area contributed by atoms with Crippen LogP contribution in [0.1, 0.15) is 56.0 Å². The number of pyridine rings is 1. The van der Waals surface area contributed by atoms with Gasteiger partial charge in [-0.15, -0.1) is 5.10 Å². The van der Waals surface area contributed by atoms with E-state index >= 15 is 0 Å². The van der Waals surface area contributed by atoms with Gasteiger partial charge in [-0.3, -0.25) is 4.98 Å². The van der Waals surface area contributed by atoms with Gasteiger partial charge in [0.2, 0.25) is 0 Å². The Labute approximate surface area is 142 Å². The van der Waals surface area contributed by atoms with E-state index in [0.29, 0.717) is 12.2 Å². The monoisotopic (exact) mass is 324 g/mol. The van der Waals surface area contributed by atoms with E-state index < -0.39 is 6.10 Å². The topological polar surface area (TPSA) is 63.8 Å². The lowest BCUT2D eigenvalue weighted by molar-refractivity contribution is -0.00727. The molecular formula is C19H24N4O. The van der Waals surface area contributed by atoms with E-state index in [4.69, 9.17) is 0 Å². The van der Waals surface area contributed by atoms with Crippen LogP contribution in [0, 0.1) is 17.8 Å². The number of nitrogens with zero attached hydrogens (tertiary/aromatic N) is 4. The van der Waals surface area contributed by atoms with Gasteiger partial charge in [0.05, 0.1) is 17.9 Å². The Morgan fingerprint density at radius 1 is 1.12 bits per heavy atom. The van der Waals surface area contributed by atoms with Gasteiger partial charge in [0.25, 0.3) is 0 Å². The van der Waals surface area contributed by atoms with Crippen LogP contribution in [0.15, 0.2) is 30.6 Å². The zero-order valence-corrected chi connectivity index (χ0v) is 13.9. The van der Waals surface area contributed by atoms with Crippen molar-refractivity contribution in [3.05, 3.63) is 42.0 Å². The van der Waals surface area contributed by atoms with E-state index in [1.165, 1.54) is 38.5 Å². The Bertz CT molecular complexity index is 691. The molecular weight excluding hydrogens is 300 g/mol. The Kier molecular flexibility index (Phi) is 3.27. The molecule has 1 unspecified atom stereocenters. The lowest BCUT2D eigenvalue weighted by atomic mass is 9.49. The van der Waals surface area contributed by atoms with Crippen molar-refractivity contribution in [1.82, 2.24) is 20.0 Å². The van der Waals surface area contributed by atoms with Gasteiger partial charge in [0, 0.05) is 17.8 Å². The molecule has 0 radical (unpaired) electrons. The third-order valence-corrected chi connectivity index (χ3v) is 6.51. The number of aromatic nitrogens is 4. The molecule has 6 rings (SSSR count). The maximum atomic E-state index is 10.4. The highest BCUT2D eigenvalue weighted by Gasteiger charge is 2.52. The van der Waals surface area contributed by atoms with Crippen LogP contribution in [0.2, 0.25) is 0 Å². The van der Waals surface area contributed by atoms with Crippen molar-refractivity contribution in [1.29, 1.82) is 0 Å². The molecule has 2 aromatic rings. The van der Waals surface area contributed by atoms with Crippen LogP contribution in [0.25, 0.3) is 0 Å². The number of hydrogen-bond donors (Lipinski definition) is 1. The highest BCUT2D eigenvalue weighted by molar-refractivity contribution is 5.20. The minimum atomic E-state index is -0.642. The van der Waals surface area contributed by atoms with E-state index in [2.05, 4.69) is 21.5 Å². The Morgan fingerprint density at radius 3 is 2.46 bits per heavy atom. The maximum absolute atomic E-state index is 10.4. The van der Waals surface area contributed by atoms with Crippen LogP contribution in [-0.4, -0.2) is 25.1 Å². The summed E-state index contributed by atoms with van der Waals surface area (Å²) in [6.07, 6.45) is 11.3. The Morgan fingerprint density at radius 2 is 1.83 bits per heavy atom. The third kappa shape index (κ3) is 2.37. The highest BCUT2D eigenvalue weighted by atomic mass is 16.3. The minimum absolute atomic E-state index is 0.267. The predicted molar refractivity (Wildman–Crippen MR) is 89.1 cm³/mol. The molecule has 4 fully saturated rings. The minimum Gasteiger partial charge on any atom is -0.385 e. The van der Waals surface area contributed by atoms with Crippen LogP contribution in [0.5, 0.6) is 0 Å². The molecule has 4 bridgehead atoms. The standard InChI is InChI=1S/C19H24N4O/c24-17(16-3-1-2-4-20-16)11-23-12-18(21-22-23)19-8-13-5-14(9-19)7-15(6-13)10-19/h1-4,12-15,17,24H,5-11H2. The lowest BCUT2D eigenvalue weighted by Crippen LogP contribution is -2.48. The van der Waals surface area contributed by atoms with Crippen molar-refractivity contribution < 1.29 is 5.11 Å². The van der Waals surface area contributed by atoms with Gasteiger partial charge < -0.3 is 5.11 Å². The molecule has 5 heteroatoms. The third-order valence-electron chi connectivity index (χ3n) is 6.51. The summed E-state index contributed by atoms with van der Waals surface area (Å²) < 4.78 is 1.80. The van der Waals surface area contributed by atoms with Gasteiger partial charge in [0.1, 0.15) is 6.10 Å². The largest absolute Gasteiger partial charge is 0.385 e. The van der Waals surface area contributed by atoms with Crippen LogP contribution < -0.4 is 0 Å². The van der Waals surface area contributed by atoms with Gasteiger partial charge in [0.15, 0.2) is 0 Å². The van der Waals surface area contributed by atoms with Gasteiger partial charge in [-0.25, -0.2) is 4.68 Å². The van der Waals surface area contributed by atoms with E-state index in [1.54, 1.807) is 10.9 Å². The summed E-state index contributed by atoms with van der Waals surface area (Å²) in [7, 11) is 0. The van der Waals surface area contributed by atoms with Gasteiger partial charge in [-0.1, -0.05) is 11.3 Å². The number of aliphatic hydroxyl groups excluding tert-OH is 1. The highest BCUT2D eigenvalue weighted by Crippen LogP contribution is 2.60. The fraction of sp³-hybridized carbons (Fsp3) is 0.632. The molecule has 1 N–H and O–H groups in total. The first-order chi connectivity index (χ1) is 11.7. The lowest BCUT2D eigenvalue weighted by Gasteiger charge is -2.56. The van der Waals surface area contributed by atoms with Crippen molar-refractivity contribution in [3.8, 4) is 0 Å². The number of hydrogen-bond acceptors (Lipinski definition) is 4. The normalized spacial score (nSPS) is 35.3. The fourth-order valence-corrected chi connectivity index (χ4v) is 5.90. The molecule has 0 saturated heterocycles. The quantitative estimate of drug-likeness (QED) is 0.939. The summed E-state index contributed by atoms with van der Waals surface area (Å²) >= 11 is 0. The van der Waals surface area contributed by atoms with Crippen molar-refractivity contribution in [2.45, 2.75) is 56.6 Å². The van der Waals surface area contributed by atoms with Gasteiger partial charge >= 0.3 is 0 Å².